The van der Waals surface area contributed by atoms with E-state index in [0.29, 0.717) is 16.7 Å². The summed E-state index contributed by atoms with van der Waals surface area (Å²) >= 11 is 0. The molecule has 324 valence electrons. The molecule has 5 unspecified atom stereocenters. The molecule has 17 nitrogen and oxygen atoms in total. The number of rotatable bonds is 19. The van der Waals surface area contributed by atoms with E-state index < -0.39 is 72.1 Å². The molecule has 3 aromatic heterocycles. The highest BCUT2D eigenvalue weighted by Crippen LogP contribution is 2.22. The van der Waals surface area contributed by atoms with E-state index in [1.54, 1.807) is 36.8 Å². The zero-order chi connectivity index (χ0) is 44.6. The number of aliphatic carboxylic acids is 1. The summed E-state index contributed by atoms with van der Waals surface area (Å²) in [5.41, 5.74) is 16.8. The second-order valence-corrected chi connectivity index (χ2v) is 15.4. The Hall–Kier alpha value is -7.92. The summed E-state index contributed by atoms with van der Waals surface area (Å²) in [5, 5.41) is 33.1. The lowest BCUT2D eigenvalue weighted by atomic mass is 10.0. The maximum absolute atomic E-state index is 14.5. The van der Waals surface area contributed by atoms with Gasteiger partial charge in [0.05, 0.1) is 12.5 Å². The van der Waals surface area contributed by atoms with Gasteiger partial charge >= 0.3 is 5.97 Å². The fourth-order valence-electron chi connectivity index (χ4n) is 7.66. The first-order valence-corrected chi connectivity index (χ1v) is 20.2. The van der Waals surface area contributed by atoms with E-state index in [9.17, 15) is 39.0 Å². The van der Waals surface area contributed by atoms with Crippen molar-refractivity contribution in [1.29, 1.82) is 0 Å². The van der Waals surface area contributed by atoms with E-state index in [1.165, 1.54) is 12.1 Å². The van der Waals surface area contributed by atoms with Gasteiger partial charge in [-0.25, -0.2) is 4.79 Å². The Labute approximate surface area is 360 Å². The molecule has 0 saturated carbocycles. The Balaban J connectivity index is 1.13. The van der Waals surface area contributed by atoms with Crippen molar-refractivity contribution >= 4 is 68.2 Å². The summed E-state index contributed by atoms with van der Waals surface area (Å²) in [5.74, 6) is -5.59. The molecule has 3 heterocycles. The largest absolute Gasteiger partial charge is 0.508 e. The Kier molecular flexibility index (Phi) is 13.2. The topological polar surface area (TPSA) is 290 Å². The number of nitrogens with one attached hydrogen (secondary N) is 7. The summed E-state index contributed by atoms with van der Waals surface area (Å²) in [6.45, 7) is 0. The first kappa shape index (κ1) is 43.2. The molecular formula is C46H47N9O8. The number of aromatic amines is 3. The van der Waals surface area contributed by atoms with E-state index in [1.807, 2.05) is 66.7 Å². The van der Waals surface area contributed by atoms with Crippen molar-refractivity contribution in [2.75, 3.05) is 0 Å². The van der Waals surface area contributed by atoms with E-state index in [0.717, 1.165) is 38.3 Å². The van der Waals surface area contributed by atoms with Crippen LogP contribution in [-0.4, -0.2) is 90.9 Å². The number of primary amides is 1. The smallest absolute Gasteiger partial charge is 0.326 e. The molecule has 13 N–H and O–H groups in total. The van der Waals surface area contributed by atoms with Crippen molar-refractivity contribution < 1.29 is 39.0 Å². The molecule has 7 rings (SSSR count). The molecule has 17 heteroatoms. The molecule has 7 aromatic rings. The Morgan fingerprint density at radius 3 is 1.38 bits per heavy atom. The Morgan fingerprint density at radius 2 is 0.905 bits per heavy atom. The molecule has 0 spiro atoms. The lowest BCUT2D eigenvalue weighted by Crippen LogP contribution is -2.59. The monoisotopic (exact) mass is 853 g/mol. The van der Waals surface area contributed by atoms with Crippen molar-refractivity contribution in [3.05, 3.63) is 138 Å². The molecule has 0 aliphatic rings. The normalized spacial score (nSPS) is 13.7. The van der Waals surface area contributed by atoms with Crippen LogP contribution in [0.5, 0.6) is 5.75 Å². The molecule has 5 amide bonds. The number of carbonyl (C=O) groups excluding carboxylic acids is 5. The van der Waals surface area contributed by atoms with Crippen molar-refractivity contribution in [1.82, 2.24) is 36.2 Å². The van der Waals surface area contributed by atoms with E-state index in [4.69, 9.17) is 11.5 Å². The number of hydrogen-bond donors (Lipinski definition) is 11. The predicted molar refractivity (Wildman–Crippen MR) is 235 cm³/mol. The van der Waals surface area contributed by atoms with Crippen LogP contribution in [0.3, 0.4) is 0 Å². The third-order valence-electron chi connectivity index (χ3n) is 10.9. The molecule has 0 bridgehead atoms. The highest BCUT2D eigenvalue weighted by atomic mass is 16.4. The van der Waals surface area contributed by atoms with Crippen LogP contribution < -0.4 is 32.7 Å². The quantitative estimate of drug-likeness (QED) is 0.0569. The van der Waals surface area contributed by atoms with Crippen LogP contribution in [0, 0.1) is 0 Å². The minimum Gasteiger partial charge on any atom is -0.508 e. The molecule has 63 heavy (non-hydrogen) atoms. The minimum atomic E-state index is -1.54. The average Bonchev–Trinajstić information content (AvgIpc) is 4.00. The third-order valence-corrected chi connectivity index (χ3v) is 10.9. The number of phenolic OH excluding ortho intramolecular Hbond substituents is 1. The molecular weight excluding hydrogens is 807 g/mol. The number of aromatic nitrogens is 3. The number of fused-ring (bicyclic) bond motifs is 3. The lowest BCUT2D eigenvalue weighted by Gasteiger charge is -2.26. The predicted octanol–water partition coefficient (Wildman–Crippen LogP) is 2.33. The number of hydrogen-bond acceptors (Lipinski definition) is 8. The molecule has 0 fully saturated rings. The molecule has 5 atom stereocenters. The first-order valence-electron chi connectivity index (χ1n) is 20.2. The van der Waals surface area contributed by atoms with Gasteiger partial charge in [0.1, 0.15) is 29.9 Å². The molecule has 0 radical (unpaired) electrons. The zero-order valence-electron chi connectivity index (χ0n) is 33.9. The van der Waals surface area contributed by atoms with Gasteiger partial charge in [-0.3, -0.25) is 24.0 Å². The number of aromatic hydroxyl groups is 1. The second kappa shape index (κ2) is 19.2. The highest BCUT2D eigenvalue weighted by molar-refractivity contribution is 5.98. The van der Waals surface area contributed by atoms with Crippen LogP contribution in [0.15, 0.2) is 116 Å². The average molecular weight is 854 g/mol. The summed E-state index contributed by atoms with van der Waals surface area (Å²) in [6, 6.07) is 21.1. The van der Waals surface area contributed by atoms with Gasteiger partial charge in [-0.1, -0.05) is 66.7 Å². The van der Waals surface area contributed by atoms with Gasteiger partial charge in [-0.2, -0.15) is 0 Å². The Bertz CT molecular complexity index is 2790. The van der Waals surface area contributed by atoms with Crippen LogP contribution in [-0.2, 0) is 54.5 Å². The molecule has 0 aliphatic heterocycles. The van der Waals surface area contributed by atoms with Crippen LogP contribution in [0.25, 0.3) is 32.7 Å². The number of carbonyl (C=O) groups is 6. The molecule has 0 saturated heterocycles. The summed E-state index contributed by atoms with van der Waals surface area (Å²) in [4.78, 5) is 90.4. The van der Waals surface area contributed by atoms with Gasteiger partial charge < -0.3 is 57.9 Å². The maximum Gasteiger partial charge on any atom is 0.326 e. The number of nitrogens with two attached hydrogens (primary N) is 2. The first-order chi connectivity index (χ1) is 30.3. The second-order valence-electron chi connectivity index (χ2n) is 15.4. The number of amides is 5. The van der Waals surface area contributed by atoms with Gasteiger partial charge in [0.15, 0.2) is 0 Å². The van der Waals surface area contributed by atoms with Gasteiger partial charge in [-0.05, 0) is 59.0 Å². The van der Waals surface area contributed by atoms with Crippen LogP contribution in [0.2, 0.25) is 0 Å². The summed E-state index contributed by atoms with van der Waals surface area (Å²) in [7, 11) is 0. The minimum absolute atomic E-state index is 0.0357. The zero-order valence-corrected chi connectivity index (χ0v) is 33.9. The summed E-state index contributed by atoms with van der Waals surface area (Å²) < 4.78 is 0. The number of H-pyrrole nitrogens is 3. The van der Waals surface area contributed by atoms with Crippen molar-refractivity contribution in [3.63, 3.8) is 0 Å². The van der Waals surface area contributed by atoms with Crippen molar-refractivity contribution in [3.8, 4) is 5.75 Å². The SMILES string of the molecule is NC(=O)CC(NC(=O)C(N)Cc1c[nH]c2ccccc12)C(=O)NC(Cc1c[nH]c2ccccc12)C(=O)NC(Cc1ccc(O)cc1)C(=O)NC(Cc1c[nH]c2ccccc12)C(=O)O. The summed E-state index contributed by atoms with van der Waals surface area (Å²) in [6.07, 6.45) is 4.21. The number of carboxylic acid groups (broad SMARTS) is 1. The van der Waals surface area contributed by atoms with E-state index in [-0.39, 0.29) is 31.4 Å². The maximum atomic E-state index is 14.5. The Morgan fingerprint density at radius 1 is 0.508 bits per heavy atom. The van der Waals surface area contributed by atoms with Crippen molar-refractivity contribution in [2.24, 2.45) is 11.5 Å². The lowest BCUT2D eigenvalue weighted by molar-refractivity contribution is -0.142. The van der Waals surface area contributed by atoms with Gasteiger partial charge in [0.25, 0.3) is 0 Å². The van der Waals surface area contributed by atoms with E-state index >= 15 is 0 Å². The number of benzene rings is 4. The van der Waals surface area contributed by atoms with Gasteiger partial charge in [-0.15, -0.1) is 0 Å². The fourth-order valence-corrected chi connectivity index (χ4v) is 7.66. The number of phenols is 1. The van der Waals surface area contributed by atoms with Crippen LogP contribution in [0.4, 0.5) is 0 Å². The van der Waals surface area contributed by atoms with Gasteiger partial charge in [0.2, 0.25) is 29.5 Å². The van der Waals surface area contributed by atoms with Crippen LogP contribution in [0.1, 0.15) is 28.7 Å². The number of carboxylic acids is 1. The molecule has 4 aromatic carbocycles. The van der Waals surface area contributed by atoms with Gasteiger partial charge in [0, 0.05) is 70.6 Å². The third kappa shape index (κ3) is 10.5. The standard InChI is InChI=1S/C46H47N9O8/c47-33(18-26-22-49-34-10-4-1-7-30(26)34)42(58)52-39(21-41(48)57)45(61)54-38(19-27-23-50-35-11-5-2-8-31(27)35)44(60)53-37(17-25-13-15-29(56)16-14-25)43(59)55-40(46(62)63)20-28-24-51-36-12-6-3-9-32(28)36/h1-16,22-24,33,37-40,49-51,56H,17-21,47H2,(H2,48,57)(H,52,58)(H,53,60)(H,54,61)(H,55,59)(H,62,63). The highest BCUT2D eigenvalue weighted by Gasteiger charge is 2.33. The van der Waals surface area contributed by atoms with E-state index in [2.05, 4.69) is 36.2 Å². The molecule has 0 aliphatic carbocycles. The fraction of sp³-hybridized carbons (Fsp3) is 0.217. The van der Waals surface area contributed by atoms with Crippen LogP contribution >= 0.6 is 0 Å². The van der Waals surface area contributed by atoms with Crippen molar-refractivity contribution in [2.45, 2.75) is 62.3 Å². The number of para-hydroxylation sites is 3.